The van der Waals surface area contributed by atoms with E-state index < -0.39 is 0 Å². The van der Waals surface area contributed by atoms with Gasteiger partial charge in [-0.25, -0.2) is 0 Å². The monoisotopic (exact) mass is 305 g/mol. The first-order valence-corrected chi connectivity index (χ1v) is 7.10. The summed E-state index contributed by atoms with van der Waals surface area (Å²) in [5.41, 5.74) is 2.36. The lowest BCUT2D eigenvalue weighted by molar-refractivity contribution is 0.492. The molecule has 0 aliphatic heterocycles. The molecule has 0 saturated heterocycles. The van der Waals surface area contributed by atoms with Crippen LogP contribution >= 0.6 is 15.9 Å². The van der Waals surface area contributed by atoms with E-state index in [0.717, 1.165) is 28.1 Å². The van der Waals surface area contributed by atoms with Gasteiger partial charge in [0.05, 0.1) is 6.54 Å². The van der Waals surface area contributed by atoms with E-state index in [9.17, 15) is 0 Å². The third-order valence-corrected chi connectivity index (χ3v) is 3.88. The average molecular weight is 306 g/mol. The number of benzene rings is 1. The first-order chi connectivity index (χ1) is 8.72. The molecule has 0 spiro atoms. The highest BCUT2D eigenvalue weighted by atomic mass is 79.9. The lowest BCUT2D eigenvalue weighted by atomic mass is 10.1. The molecule has 0 radical (unpaired) electrons. The lowest BCUT2D eigenvalue weighted by Crippen LogP contribution is -2.14. The van der Waals surface area contributed by atoms with Crippen LogP contribution in [0.1, 0.15) is 24.2 Å². The molecule has 1 aliphatic rings. The molecule has 1 aromatic heterocycles. The van der Waals surface area contributed by atoms with Gasteiger partial charge < -0.3 is 9.73 Å². The number of hydrogen-bond donors (Lipinski definition) is 1. The number of nitrogens with one attached hydrogen (secondary N) is 1. The fraction of sp³-hybridized carbons (Fsp3) is 0.333. The van der Waals surface area contributed by atoms with Crippen LogP contribution < -0.4 is 5.32 Å². The van der Waals surface area contributed by atoms with Crippen LogP contribution in [0.2, 0.25) is 0 Å². The standard InChI is InChI=1S/C15H16BrNO/c1-10-2-6-14(16)13(8-10)15-7-5-12(18-15)9-17-11-3-4-11/h2,5-8,11,17H,3-4,9H2,1H3. The highest BCUT2D eigenvalue weighted by molar-refractivity contribution is 9.10. The van der Waals surface area contributed by atoms with Crippen molar-refractivity contribution in [1.29, 1.82) is 0 Å². The topological polar surface area (TPSA) is 25.2 Å². The Morgan fingerprint density at radius 3 is 2.89 bits per heavy atom. The van der Waals surface area contributed by atoms with Crippen molar-refractivity contribution in [2.45, 2.75) is 32.4 Å². The minimum absolute atomic E-state index is 0.712. The van der Waals surface area contributed by atoms with Gasteiger partial charge >= 0.3 is 0 Å². The lowest BCUT2D eigenvalue weighted by Gasteiger charge is -2.03. The second-order valence-corrected chi connectivity index (χ2v) is 5.76. The number of furan rings is 1. The second kappa shape index (κ2) is 4.90. The molecule has 0 atom stereocenters. The summed E-state index contributed by atoms with van der Waals surface area (Å²) < 4.78 is 6.96. The van der Waals surface area contributed by atoms with Crippen LogP contribution in [0.3, 0.4) is 0 Å². The normalized spacial score (nSPS) is 15.0. The molecule has 0 bridgehead atoms. The summed E-state index contributed by atoms with van der Waals surface area (Å²) in [6, 6.07) is 11.1. The van der Waals surface area contributed by atoms with Crippen molar-refractivity contribution in [1.82, 2.24) is 5.32 Å². The molecule has 2 aromatic rings. The van der Waals surface area contributed by atoms with Crippen LogP contribution in [-0.2, 0) is 6.54 Å². The van der Waals surface area contributed by atoms with E-state index in [0.29, 0.717) is 6.04 Å². The molecule has 18 heavy (non-hydrogen) atoms. The minimum atomic E-state index is 0.712. The number of halogens is 1. The molecule has 94 valence electrons. The Kier molecular flexibility index (Phi) is 3.27. The molecule has 1 aliphatic carbocycles. The maximum atomic E-state index is 5.89. The van der Waals surface area contributed by atoms with E-state index in [2.05, 4.69) is 52.4 Å². The van der Waals surface area contributed by atoms with Gasteiger partial charge in [0.25, 0.3) is 0 Å². The van der Waals surface area contributed by atoms with Gasteiger partial charge in [-0.1, -0.05) is 27.6 Å². The summed E-state index contributed by atoms with van der Waals surface area (Å²) in [7, 11) is 0. The molecule has 3 heteroatoms. The van der Waals surface area contributed by atoms with Crippen molar-refractivity contribution in [2.75, 3.05) is 0 Å². The maximum Gasteiger partial charge on any atom is 0.135 e. The molecule has 2 nitrogen and oxygen atoms in total. The quantitative estimate of drug-likeness (QED) is 0.912. The highest BCUT2D eigenvalue weighted by Crippen LogP contribution is 2.30. The zero-order valence-corrected chi connectivity index (χ0v) is 12.0. The fourth-order valence-corrected chi connectivity index (χ4v) is 2.42. The van der Waals surface area contributed by atoms with Crippen LogP contribution in [0.25, 0.3) is 11.3 Å². The largest absolute Gasteiger partial charge is 0.460 e. The van der Waals surface area contributed by atoms with Crippen molar-refractivity contribution in [2.24, 2.45) is 0 Å². The predicted octanol–water partition coefficient (Wildman–Crippen LogP) is 4.27. The Bertz CT molecular complexity index is 557. The Labute approximate surface area is 116 Å². The van der Waals surface area contributed by atoms with Gasteiger partial charge in [0.2, 0.25) is 0 Å². The van der Waals surface area contributed by atoms with Gasteiger partial charge in [-0.05, 0) is 44.0 Å². The number of aryl methyl sites for hydroxylation is 1. The van der Waals surface area contributed by atoms with E-state index in [-0.39, 0.29) is 0 Å². The molecule has 1 N–H and O–H groups in total. The first kappa shape index (κ1) is 12.0. The van der Waals surface area contributed by atoms with Crippen molar-refractivity contribution in [3.05, 3.63) is 46.1 Å². The van der Waals surface area contributed by atoms with Crippen molar-refractivity contribution in [3.63, 3.8) is 0 Å². The molecule has 1 heterocycles. The first-order valence-electron chi connectivity index (χ1n) is 6.31. The van der Waals surface area contributed by atoms with E-state index in [1.54, 1.807) is 0 Å². The van der Waals surface area contributed by atoms with Crippen molar-refractivity contribution < 1.29 is 4.42 Å². The van der Waals surface area contributed by atoms with Gasteiger partial charge in [0, 0.05) is 16.1 Å². The molecular weight excluding hydrogens is 290 g/mol. The SMILES string of the molecule is Cc1ccc(Br)c(-c2ccc(CNC3CC3)o2)c1. The smallest absolute Gasteiger partial charge is 0.135 e. The Morgan fingerprint density at radius 2 is 2.11 bits per heavy atom. The van der Waals surface area contributed by atoms with Crippen molar-refractivity contribution >= 4 is 15.9 Å². The third kappa shape index (κ3) is 2.68. The molecular formula is C15H16BrNO. The zero-order valence-electron chi connectivity index (χ0n) is 10.4. The van der Waals surface area contributed by atoms with Crippen LogP contribution in [0.5, 0.6) is 0 Å². The van der Waals surface area contributed by atoms with Gasteiger partial charge in [-0.2, -0.15) is 0 Å². The third-order valence-electron chi connectivity index (χ3n) is 3.19. The van der Waals surface area contributed by atoms with Crippen LogP contribution in [0.15, 0.2) is 39.2 Å². The summed E-state index contributed by atoms with van der Waals surface area (Å²) in [6.07, 6.45) is 2.61. The minimum Gasteiger partial charge on any atom is -0.460 e. The molecule has 1 fully saturated rings. The van der Waals surface area contributed by atoms with E-state index in [1.165, 1.54) is 18.4 Å². The summed E-state index contributed by atoms with van der Waals surface area (Å²) >= 11 is 3.57. The Balaban J connectivity index is 1.80. The molecule has 1 aromatic carbocycles. The molecule has 1 saturated carbocycles. The predicted molar refractivity (Wildman–Crippen MR) is 76.4 cm³/mol. The van der Waals surface area contributed by atoms with Crippen LogP contribution in [-0.4, -0.2) is 6.04 Å². The molecule has 3 rings (SSSR count). The van der Waals surface area contributed by atoms with E-state index >= 15 is 0 Å². The van der Waals surface area contributed by atoms with Gasteiger partial charge in [0.15, 0.2) is 0 Å². The van der Waals surface area contributed by atoms with E-state index in [1.807, 2.05) is 6.07 Å². The Hall–Kier alpha value is -1.06. The summed E-state index contributed by atoms with van der Waals surface area (Å²) in [5.74, 6) is 1.93. The number of hydrogen-bond acceptors (Lipinski definition) is 2. The average Bonchev–Trinajstić information content (AvgIpc) is 3.08. The number of rotatable bonds is 4. The summed E-state index contributed by atoms with van der Waals surface area (Å²) in [5, 5.41) is 3.46. The van der Waals surface area contributed by atoms with Gasteiger partial charge in [-0.15, -0.1) is 0 Å². The van der Waals surface area contributed by atoms with Crippen molar-refractivity contribution in [3.8, 4) is 11.3 Å². The highest BCUT2D eigenvalue weighted by Gasteiger charge is 2.20. The summed E-state index contributed by atoms with van der Waals surface area (Å²) in [4.78, 5) is 0. The molecule has 0 amide bonds. The zero-order chi connectivity index (χ0) is 12.5. The van der Waals surface area contributed by atoms with E-state index in [4.69, 9.17) is 4.42 Å². The maximum absolute atomic E-state index is 5.89. The fourth-order valence-electron chi connectivity index (χ4n) is 1.98. The van der Waals surface area contributed by atoms with Gasteiger partial charge in [0.1, 0.15) is 11.5 Å². The van der Waals surface area contributed by atoms with Crippen LogP contribution in [0, 0.1) is 6.92 Å². The van der Waals surface area contributed by atoms with Gasteiger partial charge in [-0.3, -0.25) is 0 Å². The molecule has 0 unspecified atom stereocenters. The van der Waals surface area contributed by atoms with Crippen LogP contribution in [0.4, 0.5) is 0 Å². The Morgan fingerprint density at radius 1 is 1.28 bits per heavy atom. The summed E-state index contributed by atoms with van der Waals surface area (Å²) in [6.45, 7) is 2.92. The second-order valence-electron chi connectivity index (χ2n) is 4.90.